The van der Waals surface area contributed by atoms with Crippen LogP contribution in [0.1, 0.15) is 24.0 Å². The molecule has 0 spiro atoms. The Kier molecular flexibility index (Phi) is 5.41. The molecule has 1 atom stereocenters. The van der Waals surface area contributed by atoms with E-state index in [4.69, 9.17) is 0 Å². The first kappa shape index (κ1) is 21.5. The molecule has 0 bridgehead atoms. The summed E-state index contributed by atoms with van der Waals surface area (Å²) in [5, 5.41) is 14.4. The van der Waals surface area contributed by atoms with Crippen LogP contribution in [-0.4, -0.2) is 42.7 Å². The van der Waals surface area contributed by atoms with Crippen molar-refractivity contribution in [1.29, 1.82) is 0 Å². The number of aromatic amines is 1. The number of pyridine rings is 1. The molecular formula is C23H24N2O4S2. The van der Waals surface area contributed by atoms with Crippen LogP contribution in [0.4, 0.5) is 0 Å². The summed E-state index contributed by atoms with van der Waals surface area (Å²) >= 11 is 1.38. The van der Waals surface area contributed by atoms with Crippen LogP contribution in [-0.2, 0) is 10.0 Å². The lowest BCUT2D eigenvalue weighted by Crippen LogP contribution is -2.29. The topological polar surface area (TPSA) is 90.5 Å². The lowest BCUT2D eigenvalue weighted by atomic mass is 9.93. The Morgan fingerprint density at radius 2 is 1.87 bits per heavy atom. The zero-order valence-electron chi connectivity index (χ0n) is 17.8. The molecule has 0 saturated carbocycles. The number of nitrogens with zero attached hydrogens (tertiary/aromatic N) is 1. The normalized spacial score (nSPS) is 13.3. The minimum absolute atomic E-state index is 0.0112. The van der Waals surface area contributed by atoms with Crippen LogP contribution in [0.15, 0.2) is 46.6 Å². The van der Waals surface area contributed by atoms with Crippen LogP contribution in [0, 0.1) is 6.92 Å². The molecule has 162 valence electrons. The highest BCUT2D eigenvalue weighted by Crippen LogP contribution is 2.41. The maximum absolute atomic E-state index is 12.5. The molecule has 2 heterocycles. The second kappa shape index (κ2) is 7.78. The molecule has 4 aromatic rings. The summed E-state index contributed by atoms with van der Waals surface area (Å²) in [6.45, 7) is 4.23. The highest BCUT2D eigenvalue weighted by atomic mass is 32.2. The van der Waals surface area contributed by atoms with Crippen molar-refractivity contribution in [2.45, 2.75) is 19.8 Å². The third kappa shape index (κ3) is 3.86. The number of sulfonamides is 1. The fourth-order valence-electron chi connectivity index (χ4n) is 3.98. The van der Waals surface area contributed by atoms with Crippen molar-refractivity contribution >= 4 is 42.3 Å². The van der Waals surface area contributed by atoms with Gasteiger partial charge in [-0.05, 0) is 47.0 Å². The lowest BCUT2D eigenvalue weighted by molar-refractivity contribution is 0.451. The average Bonchev–Trinajstić information content (AvgIpc) is 3.19. The summed E-state index contributed by atoms with van der Waals surface area (Å²) in [5.74, 6) is 0.166. The first-order valence-electron chi connectivity index (χ1n) is 9.85. The number of rotatable bonds is 5. The summed E-state index contributed by atoms with van der Waals surface area (Å²) in [5.41, 5.74) is 3.90. The van der Waals surface area contributed by atoms with E-state index in [1.807, 2.05) is 49.6 Å². The zero-order chi connectivity index (χ0) is 22.5. The van der Waals surface area contributed by atoms with Crippen molar-refractivity contribution in [3.63, 3.8) is 0 Å². The summed E-state index contributed by atoms with van der Waals surface area (Å²) in [6, 6.07) is 11.4. The second-order valence-electron chi connectivity index (χ2n) is 8.02. The van der Waals surface area contributed by atoms with Gasteiger partial charge in [0.2, 0.25) is 10.0 Å². The Morgan fingerprint density at radius 3 is 2.52 bits per heavy atom. The molecule has 8 heteroatoms. The zero-order valence-corrected chi connectivity index (χ0v) is 19.4. The van der Waals surface area contributed by atoms with Gasteiger partial charge in [0.05, 0.1) is 11.8 Å². The predicted octanol–water partition coefficient (Wildman–Crippen LogP) is 4.42. The van der Waals surface area contributed by atoms with Gasteiger partial charge in [-0.25, -0.2) is 12.7 Å². The van der Waals surface area contributed by atoms with Gasteiger partial charge in [0, 0.05) is 29.9 Å². The average molecular weight is 457 g/mol. The number of phenolic OH excluding ortho intramolecular Hbond substituents is 1. The van der Waals surface area contributed by atoms with Crippen LogP contribution in [0.25, 0.3) is 32.1 Å². The van der Waals surface area contributed by atoms with Gasteiger partial charge in [0.25, 0.3) is 5.56 Å². The fraction of sp³-hybridized carbons (Fsp3) is 0.261. The standard InChI is InChI=1S/C23H24N2O4S2/c1-13-11-18(26)19(20-17-9-10-30-22(17)23(27)24-21(13)20)16-7-5-15(6-8-16)14(2)12-25(3)31(4,28)29/h5-11,14,26H,12H2,1-4H3,(H,24,27). The number of likely N-dealkylation sites (N-methyl/N-ethyl adjacent to an activating group) is 1. The number of benzene rings is 2. The minimum atomic E-state index is -3.24. The molecular weight excluding hydrogens is 432 g/mol. The Hall–Kier alpha value is -2.68. The Balaban J connectivity index is 1.83. The molecule has 4 rings (SSSR count). The minimum Gasteiger partial charge on any atom is -0.507 e. The molecule has 2 aromatic carbocycles. The Morgan fingerprint density at radius 1 is 1.19 bits per heavy atom. The maximum Gasteiger partial charge on any atom is 0.266 e. The number of aromatic hydroxyl groups is 1. The maximum atomic E-state index is 12.5. The van der Waals surface area contributed by atoms with Crippen LogP contribution in [0.2, 0.25) is 0 Å². The van der Waals surface area contributed by atoms with Crippen molar-refractivity contribution in [3.8, 4) is 16.9 Å². The van der Waals surface area contributed by atoms with Gasteiger partial charge in [0.1, 0.15) is 10.4 Å². The van der Waals surface area contributed by atoms with Gasteiger partial charge >= 0.3 is 0 Å². The smallest absolute Gasteiger partial charge is 0.266 e. The Bertz CT molecular complexity index is 1450. The van der Waals surface area contributed by atoms with Gasteiger partial charge in [-0.1, -0.05) is 31.2 Å². The number of fused-ring (bicyclic) bond motifs is 3. The van der Waals surface area contributed by atoms with Crippen molar-refractivity contribution in [1.82, 2.24) is 9.29 Å². The third-order valence-corrected chi connectivity index (χ3v) is 7.94. The molecule has 0 amide bonds. The van der Waals surface area contributed by atoms with E-state index in [1.54, 1.807) is 13.1 Å². The molecule has 0 fully saturated rings. The molecule has 31 heavy (non-hydrogen) atoms. The summed E-state index contributed by atoms with van der Waals surface area (Å²) in [7, 11) is -1.66. The van der Waals surface area contributed by atoms with Crippen molar-refractivity contribution in [2.75, 3.05) is 19.8 Å². The van der Waals surface area contributed by atoms with Crippen LogP contribution >= 0.6 is 11.3 Å². The first-order valence-corrected chi connectivity index (χ1v) is 12.6. The number of aryl methyl sites for hydroxylation is 1. The summed E-state index contributed by atoms with van der Waals surface area (Å²) in [6.07, 6.45) is 1.20. The van der Waals surface area contributed by atoms with Gasteiger partial charge in [-0.15, -0.1) is 11.3 Å². The van der Waals surface area contributed by atoms with Crippen molar-refractivity contribution in [3.05, 3.63) is 63.3 Å². The van der Waals surface area contributed by atoms with Gasteiger partial charge < -0.3 is 10.1 Å². The molecule has 0 aliphatic carbocycles. The van der Waals surface area contributed by atoms with E-state index in [-0.39, 0.29) is 17.2 Å². The van der Waals surface area contributed by atoms with E-state index in [0.29, 0.717) is 16.8 Å². The number of nitrogens with one attached hydrogen (secondary N) is 1. The molecule has 2 N–H and O–H groups in total. The third-order valence-electron chi connectivity index (χ3n) is 5.75. The fourth-order valence-corrected chi connectivity index (χ4v) is 5.27. The number of hydrogen-bond acceptors (Lipinski definition) is 5. The highest BCUT2D eigenvalue weighted by molar-refractivity contribution is 7.88. The van der Waals surface area contributed by atoms with E-state index < -0.39 is 10.0 Å². The Labute approximate surface area is 184 Å². The SMILES string of the molecule is Cc1cc(O)c(-c2ccc(C(C)CN(C)S(C)(=O)=O)cc2)c2c1[nH]c(=O)c1sccc12. The van der Waals surface area contributed by atoms with Gasteiger partial charge in [-0.3, -0.25) is 4.79 Å². The van der Waals surface area contributed by atoms with E-state index in [1.165, 1.54) is 21.9 Å². The van der Waals surface area contributed by atoms with Gasteiger partial charge in [-0.2, -0.15) is 0 Å². The molecule has 6 nitrogen and oxygen atoms in total. The quantitative estimate of drug-likeness (QED) is 0.465. The number of aromatic nitrogens is 1. The van der Waals surface area contributed by atoms with E-state index >= 15 is 0 Å². The number of H-pyrrole nitrogens is 1. The monoisotopic (exact) mass is 456 g/mol. The van der Waals surface area contributed by atoms with E-state index in [9.17, 15) is 18.3 Å². The first-order chi connectivity index (χ1) is 14.6. The number of thiophene rings is 1. The second-order valence-corrected chi connectivity index (χ2v) is 11.0. The van der Waals surface area contributed by atoms with Crippen molar-refractivity contribution in [2.24, 2.45) is 0 Å². The molecule has 1 unspecified atom stereocenters. The molecule has 2 aromatic heterocycles. The van der Waals surface area contributed by atoms with Crippen LogP contribution < -0.4 is 5.56 Å². The largest absolute Gasteiger partial charge is 0.507 e. The highest BCUT2D eigenvalue weighted by Gasteiger charge is 2.19. The predicted molar refractivity (Wildman–Crippen MR) is 128 cm³/mol. The summed E-state index contributed by atoms with van der Waals surface area (Å²) in [4.78, 5) is 15.4. The molecule has 0 aliphatic heterocycles. The van der Waals surface area contributed by atoms with E-state index in [0.717, 1.165) is 33.0 Å². The van der Waals surface area contributed by atoms with E-state index in [2.05, 4.69) is 4.98 Å². The summed E-state index contributed by atoms with van der Waals surface area (Å²) < 4.78 is 25.4. The van der Waals surface area contributed by atoms with Crippen LogP contribution in [0.3, 0.4) is 0 Å². The number of phenols is 1. The van der Waals surface area contributed by atoms with Crippen molar-refractivity contribution < 1.29 is 13.5 Å². The van der Waals surface area contributed by atoms with Crippen LogP contribution in [0.5, 0.6) is 5.75 Å². The number of hydrogen-bond donors (Lipinski definition) is 2. The molecule has 0 radical (unpaired) electrons. The molecule has 0 aliphatic rings. The van der Waals surface area contributed by atoms with Gasteiger partial charge in [0.15, 0.2) is 0 Å². The lowest BCUT2D eigenvalue weighted by Gasteiger charge is -2.20. The molecule has 0 saturated heterocycles.